The van der Waals surface area contributed by atoms with Crippen LogP contribution in [-0.4, -0.2) is 51.8 Å². The number of carbonyl (C=O) groups is 4. The predicted octanol–water partition coefficient (Wildman–Crippen LogP) is 2.99. The molecule has 3 rings (SSSR count). The van der Waals surface area contributed by atoms with E-state index in [1.54, 1.807) is 57.4 Å². The molecule has 0 radical (unpaired) electrons. The van der Waals surface area contributed by atoms with Gasteiger partial charge in [0.05, 0.1) is 6.42 Å². The lowest BCUT2D eigenvalue weighted by Crippen LogP contribution is -2.40. The predicted molar refractivity (Wildman–Crippen MR) is 114 cm³/mol. The number of benzene rings is 1. The number of urea groups is 1. The summed E-state index contributed by atoms with van der Waals surface area (Å²) >= 11 is 0. The largest absolute Gasteiger partial charge is 0.457 e. The van der Waals surface area contributed by atoms with Gasteiger partial charge >= 0.3 is 12.0 Å². The van der Waals surface area contributed by atoms with E-state index < -0.39 is 35.8 Å². The lowest BCUT2D eigenvalue weighted by molar-refractivity contribution is -0.143. The van der Waals surface area contributed by atoms with Crippen molar-refractivity contribution >= 4 is 23.7 Å². The number of esters is 1. The highest BCUT2D eigenvalue weighted by Gasteiger charge is 2.44. The van der Waals surface area contributed by atoms with E-state index in [1.807, 2.05) is 0 Å². The normalized spacial score (nSPS) is 15.1. The van der Waals surface area contributed by atoms with Crippen LogP contribution in [0, 0.1) is 26.6 Å². The number of imide groups is 1. The maximum atomic E-state index is 14.0. The molecule has 1 fully saturated rings. The number of ketones is 1. The highest BCUT2D eigenvalue weighted by molar-refractivity contribution is 6.06. The fourth-order valence-corrected chi connectivity index (χ4v) is 3.68. The van der Waals surface area contributed by atoms with Crippen LogP contribution in [0.15, 0.2) is 24.3 Å². The van der Waals surface area contributed by atoms with Crippen LogP contribution in [0.2, 0.25) is 0 Å². The van der Waals surface area contributed by atoms with Crippen LogP contribution in [0.3, 0.4) is 0 Å². The summed E-state index contributed by atoms with van der Waals surface area (Å²) in [4.78, 5) is 49.7. The van der Waals surface area contributed by atoms with Gasteiger partial charge in [-0.05, 0) is 58.4 Å². The molecule has 170 valence electrons. The van der Waals surface area contributed by atoms with E-state index in [2.05, 4.69) is 5.32 Å². The van der Waals surface area contributed by atoms with Crippen molar-refractivity contribution < 1.29 is 28.3 Å². The summed E-state index contributed by atoms with van der Waals surface area (Å²) in [5.74, 6) is -1.86. The number of Topliss-reactive ketones (excluding diaryl/α,β-unsaturated/α-hetero) is 1. The molecule has 3 amide bonds. The van der Waals surface area contributed by atoms with Gasteiger partial charge in [0, 0.05) is 29.2 Å². The van der Waals surface area contributed by atoms with E-state index in [9.17, 15) is 23.6 Å². The SMILES string of the molecule is Cc1ccc(-n2c(C)cc(C(=O)COC(=O)CCN3C(=O)NC(C)(C)C3=O)c2C)cc1F. The fourth-order valence-electron chi connectivity index (χ4n) is 3.68. The number of halogens is 1. The number of ether oxygens (including phenoxy) is 1. The Kier molecular flexibility index (Phi) is 6.20. The number of carbonyl (C=O) groups excluding carboxylic acids is 4. The summed E-state index contributed by atoms with van der Waals surface area (Å²) in [5, 5.41) is 2.53. The standard InChI is InChI=1S/C23H26FN3O5/c1-13-6-7-16(11-18(13)24)27-14(2)10-17(15(27)3)19(28)12-32-20(29)8-9-26-21(30)23(4,5)25-22(26)31/h6-7,10-11H,8-9,12H2,1-5H3,(H,25,31). The maximum absolute atomic E-state index is 14.0. The zero-order valence-corrected chi connectivity index (χ0v) is 18.7. The molecule has 1 N–H and O–H groups in total. The Labute approximate surface area is 185 Å². The van der Waals surface area contributed by atoms with Gasteiger partial charge in [0.2, 0.25) is 5.78 Å². The molecular weight excluding hydrogens is 417 g/mol. The second-order valence-electron chi connectivity index (χ2n) is 8.40. The molecule has 1 aliphatic heterocycles. The number of amides is 3. The molecule has 32 heavy (non-hydrogen) atoms. The Bertz CT molecular complexity index is 1120. The van der Waals surface area contributed by atoms with Crippen LogP contribution in [0.4, 0.5) is 9.18 Å². The summed E-state index contributed by atoms with van der Waals surface area (Å²) in [6.07, 6.45) is -0.218. The number of nitrogens with one attached hydrogen (secondary N) is 1. The van der Waals surface area contributed by atoms with Crippen LogP contribution in [0.25, 0.3) is 5.69 Å². The van der Waals surface area contributed by atoms with Gasteiger partial charge in [0.25, 0.3) is 5.91 Å². The third-order valence-corrected chi connectivity index (χ3v) is 5.49. The van der Waals surface area contributed by atoms with E-state index in [-0.39, 0.29) is 18.8 Å². The lowest BCUT2D eigenvalue weighted by Gasteiger charge is -2.15. The molecule has 1 aliphatic rings. The molecule has 1 aromatic heterocycles. The minimum atomic E-state index is -1.01. The van der Waals surface area contributed by atoms with Crippen LogP contribution in [0.5, 0.6) is 0 Å². The Morgan fingerprint density at radius 2 is 1.81 bits per heavy atom. The molecule has 8 nitrogen and oxygen atoms in total. The Morgan fingerprint density at radius 1 is 1.12 bits per heavy atom. The van der Waals surface area contributed by atoms with Gasteiger partial charge in [-0.15, -0.1) is 0 Å². The third-order valence-electron chi connectivity index (χ3n) is 5.49. The van der Waals surface area contributed by atoms with Gasteiger partial charge in [-0.1, -0.05) is 6.07 Å². The lowest BCUT2D eigenvalue weighted by atomic mass is 10.1. The van der Waals surface area contributed by atoms with Crippen molar-refractivity contribution in [3.8, 4) is 5.69 Å². The first-order valence-electron chi connectivity index (χ1n) is 10.2. The van der Waals surface area contributed by atoms with Crippen molar-refractivity contribution in [1.82, 2.24) is 14.8 Å². The Hall–Kier alpha value is -3.49. The van der Waals surface area contributed by atoms with Crippen molar-refractivity contribution in [3.63, 3.8) is 0 Å². The van der Waals surface area contributed by atoms with E-state index >= 15 is 0 Å². The number of hydrogen-bond donors (Lipinski definition) is 1. The van der Waals surface area contributed by atoms with Crippen molar-refractivity contribution in [2.45, 2.75) is 46.6 Å². The van der Waals surface area contributed by atoms with E-state index in [0.717, 1.165) is 10.6 Å². The third kappa shape index (κ3) is 4.42. The molecule has 0 spiro atoms. The molecule has 0 atom stereocenters. The fraction of sp³-hybridized carbons (Fsp3) is 0.391. The van der Waals surface area contributed by atoms with Crippen molar-refractivity contribution in [2.75, 3.05) is 13.2 Å². The monoisotopic (exact) mass is 443 g/mol. The quantitative estimate of drug-likeness (QED) is 0.403. The van der Waals surface area contributed by atoms with Crippen LogP contribution >= 0.6 is 0 Å². The van der Waals surface area contributed by atoms with E-state index in [4.69, 9.17) is 4.74 Å². The van der Waals surface area contributed by atoms with Crippen LogP contribution in [0.1, 0.15) is 47.6 Å². The zero-order chi connectivity index (χ0) is 23.8. The molecule has 2 heterocycles. The topological polar surface area (TPSA) is 97.7 Å². The molecule has 1 saturated heterocycles. The first-order valence-corrected chi connectivity index (χ1v) is 10.2. The second-order valence-corrected chi connectivity index (χ2v) is 8.40. The Balaban J connectivity index is 1.62. The van der Waals surface area contributed by atoms with Crippen molar-refractivity contribution in [3.05, 3.63) is 52.6 Å². The van der Waals surface area contributed by atoms with Crippen molar-refractivity contribution in [2.24, 2.45) is 0 Å². The molecule has 0 bridgehead atoms. The number of rotatable bonds is 7. The van der Waals surface area contributed by atoms with Crippen molar-refractivity contribution in [1.29, 1.82) is 0 Å². The number of aromatic nitrogens is 1. The number of aryl methyl sites for hydroxylation is 2. The maximum Gasteiger partial charge on any atom is 0.325 e. The first kappa shape index (κ1) is 23.2. The minimum Gasteiger partial charge on any atom is -0.457 e. The van der Waals surface area contributed by atoms with Gasteiger partial charge in [-0.2, -0.15) is 0 Å². The summed E-state index contributed by atoms with van der Waals surface area (Å²) < 4.78 is 20.8. The highest BCUT2D eigenvalue weighted by atomic mass is 19.1. The smallest absolute Gasteiger partial charge is 0.325 e. The molecule has 9 heteroatoms. The average molecular weight is 443 g/mol. The van der Waals surface area contributed by atoms with Crippen LogP contribution < -0.4 is 5.32 Å². The number of hydrogen-bond acceptors (Lipinski definition) is 5. The average Bonchev–Trinajstić information content (AvgIpc) is 3.11. The summed E-state index contributed by atoms with van der Waals surface area (Å²) in [5.41, 5.74) is 1.81. The molecule has 0 aliphatic carbocycles. The van der Waals surface area contributed by atoms with E-state index in [0.29, 0.717) is 22.5 Å². The molecule has 0 unspecified atom stereocenters. The molecule has 1 aromatic carbocycles. The van der Waals surface area contributed by atoms with Gasteiger partial charge in [-0.25, -0.2) is 9.18 Å². The Morgan fingerprint density at radius 3 is 2.41 bits per heavy atom. The van der Waals surface area contributed by atoms with Gasteiger partial charge in [-0.3, -0.25) is 19.3 Å². The second kappa shape index (κ2) is 8.57. The highest BCUT2D eigenvalue weighted by Crippen LogP contribution is 2.23. The summed E-state index contributed by atoms with van der Waals surface area (Å²) in [7, 11) is 0. The molecular formula is C23H26FN3O5. The van der Waals surface area contributed by atoms with Gasteiger partial charge in [0.15, 0.2) is 6.61 Å². The van der Waals surface area contributed by atoms with E-state index in [1.165, 1.54) is 6.07 Å². The summed E-state index contributed by atoms with van der Waals surface area (Å²) in [6.45, 7) is 7.75. The molecule has 0 saturated carbocycles. The zero-order valence-electron chi connectivity index (χ0n) is 18.7. The van der Waals surface area contributed by atoms with Gasteiger partial charge in [0.1, 0.15) is 11.4 Å². The van der Waals surface area contributed by atoms with Crippen LogP contribution in [-0.2, 0) is 14.3 Å². The minimum absolute atomic E-state index is 0.130. The molecule has 2 aromatic rings. The summed E-state index contributed by atoms with van der Waals surface area (Å²) in [6, 6.07) is 5.94. The first-order chi connectivity index (χ1) is 14.9. The van der Waals surface area contributed by atoms with Gasteiger partial charge < -0.3 is 14.6 Å². The number of nitrogens with zero attached hydrogens (tertiary/aromatic N) is 2.